The minimum atomic E-state index is -1.65. The van der Waals surface area contributed by atoms with Crippen LogP contribution in [-0.2, 0) is 9.05 Å². The average molecular weight is 499 g/mol. The molecule has 0 aromatic carbocycles. The highest BCUT2D eigenvalue weighted by Crippen LogP contribution is 2.33. The smallest absolute Gasteiger partial charge is 0.329 e. The van der Waals surface area contributed by atoms with Gasteiger partial charge >= 0.3 is 8.60 Å². The molecule has 0 rings (SSSR count). The summed E-state index contributed by atoms with van der Waals surface area (Å²) in [4.78, 5) is 9.67. The number of hydrogen-bond donors (Lipinski definition) is 5. The van der Waals surface area contributed by atoms with Crippen molar-refractivity contribution in [2.45, 2.75) is 105 Å². The minimum absolute atomic E-state index is 0.406. The second-order valence-corrected chi connectivity index (χ2v) is 10.9. The van der Waals surface area contributed by atoms with E-state index < -0.39 is 40.4 Å². The Morgan fingerprint density at radius 1 is 0.545 bits per heavy atom. The normalized spacial score (nSPS) is 12.0. The van der Waals surface area contributed by atoms with E-state index in [4.69, 9.17) is 29.5 Å². The molecule has 33 heavy (non-hydrogen) atoms. The van der Waals surface area contributed by atoms with E-state index in [9.17, 15) is 4.89 Å². The summed E-state index contributed by atoms with van der Waals surface area (Å²) in [5.41, 5.74) is -1.11. The van der Waals surface area contributed by atoms with E-state index in [1.165, 1.54) is 64.2 Å². The van der Waals surface area contributed by atoms with Crippen molar-refractivity contribution in [3.8, 4) is 0 Å². The third kappa shape index (κ3) is 25.1. The van der Waals surface area contributed by atoms with Crippen molar-refractivity contribution < 1.29 is 34.4 Å². The summed E-state index contributed by atoms with van der Waals surface area (Å²) in [6.07, 6.45) is 15.0. The zero-order valence-electron chi connectivity index (χ0n) is 21.9. The summed E-state index contributed by atoms with van der Waals surface area (Å²) in [6, 6.07) is 0. The molecule has 7 nitrogen and oxygen atoms in total. The minimum Gasteiger partial charge on any atom is -0.396 e. The molecule has 0 bridgehead atoms. The molecule has 0 aromatic heterocycles. The van der Waals surface area contributed by atoms with Crippen molar-refractivity contribution >= 4 is 8.60 Å². The van der Waals surface area contributed by atoms with Crippen LogP contribution in [0.25, 0.3) is 0 Å². The highest BCUT2D eigenvalue weighted by atomic mass is 31.2. The predicted molar refractivity (Wildman–Crippen MR) is 137 cm³/mol. The van der Waals surface area contributed by atoms with Gasteiger partial charge in [0.25, 0.3) is 0 Å². The maximum atomic E-state index is 9.67. The van der Waals surface area contributed by atoms with E-state index in [0.717, 1.165) is 24.7 Å². The van der Waals surface area contributed by atoms with Crippen LogP contribution in [0.4, 0.5) is 0 Å². The molecule has 0 radical (unpaired) electrons. The van der Waals surface area contributed by atoms with Crippen LogP contribution >= 0.6 is 8.60 Å². The van der Waals surface area contributed by atoms with E-state index in [1.807, 2.05) is 0 Å². The van der Waals surface area contributed by atoms with Crippen LogP contribution in [0.3, 0.4) is 0 Å². The van der Waals surface area contributed by atoms with Gasteiger partial charge in [0.2, 0.25) is 0 Å². The maximum absolute atomic E-state index is 9.67. The van der Waals surface area contributed by atoms with Crippen LogP contribution in [0.5, 0.6) is 0 Å². The van der Waals surface area contributed by atoms with Gasteiger partial charge in [-0.05, 0) is 24.7 Å². The van der Waals surface area contributed by atoms with Gasteiger partial charge in [-0.3, -0.25) is 0 Å². The number of hydrogen-bond acceptors (Lipinski definition) is 7. The first-order valence-electron chi connectivity index (χ1n) is 12.9. The fraction of sp³-hybridized carbons (Fsp3) is 1.00. The molecule has 0 unspecified atom stereocenters. The van der Waals surface area contributed by atoms with Gasteiger partial charge in [-0.15, -0.1) is 0 Å². The van der Waals surface area contributed by atoms with E-state index in [2.05, 4.69) is 27.7 Å². The van der Waals surface area contributed by atoms with E-state index >= 15 is 0 Å². The fourth-order valence-electron chi connectivity index (χ4n) is 2.99. The molecule has 8 heteroatoms. The van der Waals surface area contributed by atoms with Crippen molar-refractivity contribution in [1.29, 1.82) is 0 Å². The lowest BCUT2D eigenvalue weighted by atomic mass is 9.93. The number of unbranched alkanes of at least 4 members (excludes halogenated alkanes) is 8. The summed E-state index contributed by atoms with van der Waals surface area (Å²) in [7, 11) is -1.65. The molecule has 0 aliphatic rings. The molecule has 0 aliphatic carbocycles. The standard InChI is InChI=1S/C20H43O3P.C5H12O4/c1-19(2)15-11-7-5-9-13-17-22-24(21)23-18-14-10-6-8-12-16-20(3)4;6-1-5(2-7,3-8)4-9/h19-21H,5-18H2,1-4H3;6-9H,1-4H2. The van der Waals surface area contributed by atoms with Crippen molar-refractivity contribution in [2.75, 3.05) is 39.6 Å². The summed E-state index contributed by atoms with van der Waals surface area (Å²) in [6.45, 7) is 8.76. The van der Waals surface area contributed by atoms with Gasteiger partial charge < -0.3 is 34.4 Å². The zero-order chi connectivity index (χ0) is 25.4. The first-order chi connectivity index (χ1) is 15.8. The van der Waals surface area contributed by atoms with Gasteiger partial charge in [0.1, 0.15) is 0 Å². The lowest BCUT2D eigenvalue weighted by Crippen LogP contribution is -2.37. The maximum Gasteiger partial charge on any atom is 0.329 e. The van der Waals surface area contributed by atoms with Crippen LogP contribution in [0.2, 0.25) is 0 Å². The van der Waals surface area contributed by atoms with E-state index in [0.29, 0.717) is 13.2 Å². The Hall–Kier alpha value is 0.150. The Morgan fingerprint density at radius 2 is 0.848 bits per heavy atom. The highest BCUT2D eigenvalue weighted by molar-refractivity contribution is 7.40. The number of aliphatic hydroxyl groups is 4. The molecule has 0 amide bonds. The molecule has 0 aromatic rings. The lowest BCUT2D eigenvalue weighted by molar-refractivity contribution is -0.0328. The van der Waals surface area contributed by atoms with Gasteiger partial charge in [0, 0.05) is 0 Å². The second-order valence-electron chi connectivity index (χ2n) is 9.94. The third-order valence-corrected chi connectivity index (χ3v) is 6.40. The molecule has 0 aliphatic heterocycles. The Bertz CT molecular complexity index is 338. The fourth-order valence-corrected chi connectivity index (χ4v) is 3.64. The summed E-state index contributed by atoms with van der Waals surface area (Å²) >= 11 is 0. The van der Waals surface area contributed by atoms with Crippen LogP contribution in [0.15, 0.2) is 0 Å². The number of rotatable bonds is 22. The molecular weight excluding hydrogens is 443 g/mol. The molecule has 0 saturated heterocycles. The van der Waals surface area contributed by atoms with Gasteiger partial charge in [-0.1, -0.05) is 91.9 Å². The monoisotopic (exact) mass is 498 g/mol. The Morgan fingerprint density at radius 3 is 1.12 bits per heavy atom. The molecule has 0 atom stereocenters. The molecule has 0 saturated carbocycles. The van der Waals surface area contributed by atoms with Gasteiger partial charge in [0.05, 0.1) is 45.1 Å². The Balaban J connectivity index is 0. The quantitative estimate of drug-likeness (QED) is 0.103. The lowest BCUT2D eigenvalue weighted by Gasteiger charge is -2.23. The predicted octanol–water partition coefficient (Wildman–Crippen LogP) is 5.17. The molecule has 5 N–H and O–H groups in total. The van der Waals surface area contributed by atoms with Crippen molar-refractivity contribution in [2.24, 2.45) is 17.3 Å². The zero-order valence-corrected chi connectivity index (χ0v) is 22.8. The topological polar surface area (TPSA) is 120 Å². The largest absolute Gasteiger partial charge is 0.396 e. The first-order valence-corrected chi connectivity index (χ1v) is 14.1. The second kappa shape index (κ2) is 25.2. The highest BCUT2D eigenvalue weighted by Gasteiger charge is 2.26. The van der Waals surface area contributed by atoms with Gasteiger partial charge in [-0.2, -0.15) is 0 Å². The van der Waals surface area contributed by atoms with Crippen molar-refractivity contribution in [3.05, 3.63) is 0 Å². The SMILES string of the molecule is CC(C)CCCCCCCOP(O)OCCCCCCCC(C)C.OCC(CO)(CO)CO. The third-order valence-electron chi connectivity index (χ3n) is 5.60. The van der Waals surface area contributed by atoms with Crippen molar-refractivity contribution in [3.63, 3.8) is 0 Å². The summed E-state index contributed by atoms with van der Waals surface area (Å²) < 4.78 is 10.7. The number of aliphatic hydroxyl groups excluding tert-OH is 4. The van der Waals surface area contributed by atoms with Crippen LogP contribution in [-0.4, -0.2) is 65.0 Å². The van der Waals surface area contributed by atoms with Crippen molar-refractivity contribution in [1.82, 2.24) is 0 Å². The molecule has 0 spiro atoms. The van der Waals surface area contributed by atoms with Gasteiger partial charge in [-0.25, -0.2) is 0 Å². The average Bonchev–Trinajstić information content (AvgIpc) is 2.79. The van der Waals surface area contributed by atoms with Gasteiger partial charge in [0.15, 0.2) is 0 Å². The molecular formula is C25H55O7P. The first kappa shape index (κ1) is 35.3. The van der Waals surface area contributed by atoms with E-state index in [1.54, 1.807) is 0 Å². The van der Waals surface area contributed by atoms with Crippen LogP contribution < -0.4 is 0 Å². The summed E-state index contributed by atoms with van der Waals surface area (Å²) in [5.74, 6) is 1.65. The Labute approximate surface area is 204 Å². The Kier molecular flexibility index (Phi) is 27.0. The molecule has 202 valence electrons. The molecule has 0 heterocycles. The van der Waals surface area contributed by atoms with Crippen LogP contribution in [0.1, 0.15) is 105 Å². The molecule has 0 fully saturated rings. The van der Waals surface area contributed by atoms with E-state index in [-0.39, 0.29) is 0 Å². The van der Waals surface area contributed by atoms with Crippen LogP contribution in [0, 0.1) is 17.3 Å². The summed E-state index contributed by atoms with van der Waals surface area (Å²) in [5, 5.41) is 34.0.